The lowest BCUT2D eigenvalue weighted by Crippen LogP contribution is -2.74. The van der Waals surface area contributed by atoms with Crippen molar-refractivity contribution in [2.24, 2.45) is 0 Å². The van der Waals surface area contributed by atoms with Crippen molar-refractivity contribution in [3.63, 3.8) is 0 Å². The number of hydrogen-bond acceptors (Lipinski definition) is 4. The van der Waals surface area contributed by atoms with Crippen molar-refractivity contribution in [1.82, 2.24) is 25.1 Å². The van der Waals surface area contributed by atoms with Gasteiger partial charge < -0.3 is 15.1 Å². The summed E-state index contributed by atoms with van der Waals surface area (Å²) in [6, 6.07) is 40.6. The molecule has 2 fully saturated rings. The zero-order chi connectivity index (χ0) is 30.5. The summed E-state index contributed by atoms with van der Waals surface area (Å²) < 4.78 is 0. The van der Waals surface area contributed by atoms with Crippen LogP contribution in [0.4, 0.5) is 4.79 Å². The zero-order valence-corrected chi connectivity index (χ0v) is 25.1. The number of urea groups is 1. The highest BCUT2D eigenvalue weighted by atomic mass is 16.2. The second-order valence-electron chi connectivity index (χ2n) is 11.6. The maximum Gasteiger partial charge on any atom is 0.334 e. The van der Waals surface area contributed by atoms with Gasteiger partial charge >= 0.3 is 6.03 Å². The number of carbonyl (C=O) groups is 2. The highest BCUT2D eigenvalue weighted by Gasteiger charge is 2.48. The fourth-order valence-corrected chi connectivity index (χ4v) is 6.48. The van der Waals surface area contributed by atoms with Gasteiger partial charge in [0.2, 0.25) is 5.91 Å². The third kappa shape index (κ3) is 6.24. The molecule has 0 aliphatic carbocycles. The van der Waals surface area contributed by atoms with Crippen molar-refractivity contribution in [3.05, 3.63) is 156 Å². The predicted octanol–water partition coefficient (Wildman–Crippen LogP) is 5.49. The van der Waals surface area contributed by atoms with E-state index in [-0.39, 0.29) is 30.4 Å². The van der Waals surface area contributed by atoms with Gasteiger partial charge in [0.15, 0.2) is 0 Å². The first-order valence-electron chi connectivity index (χ1n) is 15.2. The second kappa shape index (κ2) is 13.2. The lowest BCUT2D eigenvalue weighted by molar-refractivity contribution is -0.174. The number of likely N-dealkylation sites (N-methyl/N-ethyl adjacent to an activating group) is 1. The lowest BCUT2D eigenvalue weighted by Gasteiger charge is -2.56. The van der Waals surface area contributed by atoms with Crippen molar-refractivity contribution in [1.29, 1.82) is 0 Å². The van der Waals surface area contributed by atoms with Crippen LogP contribution < -0.4 is 5.32 Å². The van der Waals surface area contributed by atoms with E-state index < -0.39 is 6.17 Å². The fourth-order valence-electron chi connectivity index (χ4n) is 6.48. The van der Waals surface area contributed by atoms with Crippen molar-refractivity contribution < 1.29 is 9.59 Å². The van der Waals surface area contributed by atoms with E-state index in [1.54, 1.807) is 10.0 Å². The number of rotatable bonds is 8. The molecule has 0 radical (unpaired) electrons. The van der Waals surface area contributed by atoms with Crippen LogP contribution in [0.5, 0.6) is 0 Å². The summed E-state index contributed by atoms with van der Waals surface area (Å²) >= 11 is 0. The Labute approximate surface area is 260 Å². The minimum Gasteiger partial charge on any atom is -0.369 e. The Morgan fingerprint density at radius 1 is 0.818 bits per heavy atom. The molecule has 6 rings (SSSR count). The van der Waals surface area contributed by atoms with Crippen LogP contribution in [0.1, 0.15) is 28.2 Å². The molecule has 2 aliphatic heterocycles. The molecule has 224 valence electrons. The Balaban J connectivity index is 1.35. The molecule has 0 aromatic heterocycles. The number of nitrogens with one attached hydrogen (secondary N) is 1. The summed E-state index contributed by atoms with van der Waals surface area (Å²) in [6.07, 6.45) is 0.117. The van der Waals surface area contributed by atoms with Crippen molar-refractivity contribution in [2.45, 2.75) is 31.1 Å². The summed E-state index contributed by atoms with van der Waals surface area (Å²) in [4.78, 5) is 31.8. The van der Waals surface area contributed by atoms with Crippen LogP contribution in [0.15, 0.2) is 134 Å². The molecular weight excluding hydrogens is 546 g/mol. The van der Waals surface area contributed by atoms with Crippen LogP contribution in [-0.4, -0.2) is 70.6 Å². The minimum atomic E-state index is -0.497. The van der Waals surface area contributed by atoms with Crippen molar-refractivity contribution in [2.75, 3.05) is 26.7 Å². The first-order chi connectivity index (χ1) is 21.5. The van der Waals surface area contributed by atoms with Crippen LogP contribution >= 0.6 is 0 Å². The SMILES string of the molecule is C=C1[C@H](Cc2ccccc2)N2C(=O)CN(C)N(C(=O)NCc3ccccc3)[C@H]2CN1CC(c1ccccc1)c1ccccc1. The average Bonchev–Trinajstić information content (AvgIpc) is 3.06. The molecule has 1 N–H and O–H groups in total. The molecule has 7 nitrogen and oxygen atoms in total. The number of carbonyl (C=O) groups excluding carboxylic acids is 2. The second-order valence-corrected chi connectivity index (χ2v) is 11.6. The van der Waals surface area contributed by atoms with Gasteiger partial charge in [0.05, 0.1) is 19.1 Å². The minimum absolute atomic E-state index is 0.00555. The Morgan fingerprint density at radius 3 is 1.91 bits per heavy atom. The standard InChI is InChI=1S/C37H39N5O2/c1-28-34(23-29-15-7-3-8-16-29)41-35(42(39(2)27-36(41)43)37(44)38-24-30-17-9-4-10-18-30)26-40(28)25-33(31-19-11-5-12-20-31)32-21-13-6-14-22-32/h3-22,33-35H,1,23-27H2,2H3,(H,38,44)/t34-,35-/m0/s1. The van der Waals surface area contributed by atoms with Gasteiger partial charge in [-0.15, -0.1) is 0 Å². The van der Waals surface area contributed by atoms with E-state index in [2.05, 4.69) is 77.5 Å². The average molecular weight is 586 g/mol. The van der Waals surface area contributed by atoms with E-state index in [1.165, 1.54) is 11.1 Å². The smallest absolute Gasteiger partial charge is 0.334 e. The van der Waals surface area contributed by atoms with E-state index in [1.807, 2.05) is 72.6 Å². The maximum atomic E-state index is 13.9. The molecule has 4 aromatic rings. The number of amides is 3. The summed E-state index contributed by atoms with van der Waals surface area (Å²) in [5, 5.41) is 6.57. The van der Waals surface area contributed by atoms with Gasteiger partial charge in [-0.3, -0.25) is 4.79 Å². The Morgan fingerprint density at radius 2 is 1.34 bits per heavy atom. The highest BCUT2D eigenvalue weighted by Crippen LogP contribution is 2.35. The van der Waals surface area contributed by atoms with E-state index in [4.69, 9.17) is 0 Å². The van der Waals surface area contributed by atoms with E-state index in [0.29, 0.717) is 26.1 Å². The molecule has 2 atom stereocenters. The van der Waals surface area contributed by atoms with E-state index in [0.717, 1.165) is 16.8 Å². The summed E-state index contributed by atoms with van der Waals surface area (Å²) in [5.74, 6) is 0.0736. The van der Waals surface area contributed by atoms with Crippen LogP contribution in [0.2, 0.25) is 0 Å². The van der Waals surface area contributed by atoms with Crippen molar-refractivity contribution >= 4 is 11.9 Å². The number of benzene rings is 4. The fraction of sp³-hybridized carbons (Fsp3) is 0.243. The molecule has 0 bridgehead atoms. The molecule has 0 saturated carbocycles. The molecule has 0 spiro atoms. The number of hydrogen-bond donors (Lipinski definition) is 1. The highest BCUT2D eigenvalue weighted by molar-refractivity contribution is 5.83. The van der Waals surface area contributed by atoms with Gasteiger partial charge in [-0.1, -0.05) is 128 Å². The molecule has 0 unspecified atom stereocenters. The molecule has 2 heterocycles. The molecule has 7 heteroatoms. The van der Waals surface area contributed by atoms with Gasteiger partial charge in [-0.2, -0.15) is 0 Å². The lowest BCUT2D eigenvalue weighted by atomic mass is 9.89. The van der Waals surface area contributed by atoms with Crippen molar-refractivity contribution in [3.8, 4) is 0 Å². The first kappa shape index (κ1) is 29.2. The van der Waals surface area contributed by atoms with Gasteiger partial charge in [-0.05, 0) is 28.7 Å². The van der Waals surface area contributed by atoms with E-state index >= 15 is 0 Å². The molecule has 2 aliphatic rings. The third-order valence-corrected chi connectivity index (χ3v) is 8.71. The zero-order valence-electron chi connectivity index (χ0n) is 25.1. The maximum absolute atomic E-state index is 13.9. The Hall–Kier alpha value is -4.88. The first-order valence-corrected chi connectivity index (χ1v) is 15.2. The molecule has 44 heavy (non-hydrogen) atoms. The molecular formula is C37H39N5O2. The monoisotopic (exact) mass is 585 g/mol. The molecule has 3 amide bonds. The molecule has 2 saturated heterocycles. The van der Waals surface area contributed by atoms with Crippen LogP contribution in [0.3, 0.4) is 0 Å². The number of hydrazine groups is 1. The van der Waals surface area contributed by atoms with Crippen LogP contribution in [-0.2, 0) is 17.8 Å². The van der Waals surface area contributed by atoms with Gasteiger partial charge in [0.1, 0.15) is 6.17 Å². The Bertz CT molecular complexity index is 1530. The third-order valence-electron chi connectivity index (χ3n) is 8.71. The van der Waals surface area contributed by atoms with Crippen LogP contribution in [0, 0.1) is 0 Å². The predicted molar refractivity (Wildman–Crippen MR) is 173 cm³/mol. The van der Waals surface area contributed by atoms with Crippen LogP contribution in [0.25, 0.3) is 0 Å². The van der Waals surface area contributed by atoms with Gasteiger partial charge in [0.25, 0.3) is 0 Å². The number of piperazine rings is 1. The van der Waals surface area contributed by atoms with E-state index in [9.17, 15) is 9.59 Å². The Kier molecular flexibility index (Phi) is 8.75. The molecule has 4 aromatic carbocycles. The number of nitrogens with zero attached hydrogens (tertiary/aromatic N) is 4. The van der Waals surface area contributed by atoms with Gasteiger partial charge in [-0.25, -0.2) is 14.8 Å². The summed E-state index contributed by atoms with van der Waals surface area (Å²) in [6.45, 7) is 6.24. The number of fused-ring (bicyclic) bond motifs is 1. The topological polar surface area (TPSA) is 59.1 Å². The normalized spacial score (nSPS) is 18.8. The largest absolute Gasteiger partial charge is 0.369 e. The van der Waals surface area contributed by atoms with Gasteiger partial charge in [0, 0.05) is 31.8 Å². The summed E-state index contributed by atoms with van der Waals surface area (Å²) in [7, 11) is 1.81. The summed E-state index contributed by atoms with van der Waals surface area (Å²) in [5.41, 5.74) is 5.45. The quantitative estimate of drug-likeness (QED) is 0.297.